The lowest BCUT2D eigenvalue weighted by molar-refractivity contribution is -0.139. The first-order valence-electron chi connectivity index (χ1n) is 12.4. The van der Waals surface area contributed by atoms with Gasteiger partial charge in [-0.15, -0.1) is 0 Å². The van der Waals surface area contributed by atoms with Gasteiger partial charge in [0, 0.05) is 29.9 Å². The lowest BCUT2D eigenvalue weighted by Crippen LogP contribution is -2.52. The average molecular weight is 609 g/mol. The van der Waals surface area contributed by atoms with Crippen LogP contribution in [0.2, 0.25) is 0 Å². The first-order valence-corrected chi connectivity index (χ1v) is 15.1. The highest BCUT2D eigenvalue weighted by molar-refractivity contribution is 9.10. The molecule has 0 unspecified atom stereocenters. The number of halogens is 1. The van der Waals surface area contributed by atoms with Gasteiger partial charge in [0.1, 0.15) is 12.6 Å². The number of nitrogens with one attached hydrogen (secondary N) is 1. The predicted octanol–water partition coefficient (Wildman–Crippen LogP) is 4.75. The van der Waals surface area contributed by atoms with Crippen molar-refractivity contribution >= 4 is 54.2 Å². The van der Waals surface area contributed by atoms with Crippen molar-refractivity contribution in [3.8, 4) is 0 Å². The van der Waals surface area contributed by atoms with E-state index in [-0.39, 0.29) is 18.9 Å². The van der Waals surface area contributed by atoms with Crippen molar-refractivity contribution in [2.24, 2.45) is 0 Å². The number of carbonyl (C=O) groups is 2. The molecule has 1 atom stereocenters. The smallest absolute Gasteiger partial charge is 0.244 e. The molecule has 4 rings (SSSR count). The fraction of sp³-hybridized carbons (Fsp3) is 0.200. The fourth-order valence-corrected chi connectivity index (χ4v) is 5.88. The molecule has 4 aromatic carbocycles. The van der Waals surface area contributed by atoms with E-state index in [2.05, 4.69) is 21.2 Å². The molecule has 0 aliphatic carbocycles. The van der Waals surface area contributed by atoms with Crippen LogP contribution in [-0.2, 0) is 32.6 Å². The van der Waals surface area contributed by atoms with Gasteiger partial charge in [0.25, 0.3) is 0 Å². The number of carbonyl (C=O) groups excluding carboxylic acids is 2. The van der Waals surface area contributed by atoms with Gasteiger partial charge in [0.15, 0.2) is 0 Å². The highest BCUT2D eigenvalue weighted by atomic mass is 79.9. The van der Waals surface area contributed by atoms with E-state index in [0.29, 0.717) is 11.1 Å². The Balaban J connectivity index is 1.77. The molecule has 0 radical (unpaired) electrons. The van der Waals surface area contributed by atoms with Crippen LogP contribution in [0.5, 0.6) is 0 Å². The van der Waals surface area contributed by atoms with E-state index in [9.17, 15) is 18.0 Å². The topological polar surface area (TPSA) is 86.8 Å². The van der Waals surface area contributed by atoms with Gasteiger partial charge < -0.3 is 10.2 Å². The number of fused-ring (bicyclic) bond motifs is 1. The lowest BCUT2D eigenvalue weighted by Gasteiger charge is -2.33. The third kappa shape index (κ3) is 7.04. The second-order valence-corrected chi connectivity index (χ2v) is 12.1. The quantitative estimate of drug-likeness (QED) is 0.282. The summed E-state index contributed by atoms with van der Waals surface area (Å²) in [4.78, 5) is 28.7. The molecule has 7 nitrogen and oxygen atoms in total. The molecule has 1 N–H and O–H groups in total. The number of hydrogen-bond donors (Lipinski definition) is 1. The van der Waals surface area contributed by atoms with E-state index in [0.717, 1.165) is 31.5 Å². The SMILES string of the molecule is CNC(=O)[C@@H](Cc1ccccc1)N(Cc1cccc(Br)c1)C(=O)CN(c1cccc2ccccc12)S(C)(=O)=O. The number of sulfonamides is 1. The van der Waals surface area contributed by atoms with Gasteiger partial charge in [0.05, 0.1) is 11.9 Å². The van der Waals surface area contributed by atoms with E-state index >= 15 is 0 Å². The van der Waals surface area contributed by atoms with Crippen LogP contribution >= 0.6 is 15.9 Å². The van der Waals surface area contributed by atoms with E-state index in [1.54, 1.807) is 12.1 Å². The summed E-state index contributed by atoms with van der Waals surface area (Å²) in [5.74, 6) is -0.823. The summed E-state index contributed by atoms with van der Waals surface area (Å²) in [5, 5.41) is 4.25. The molecular formula is C30H30BrN3O4S. The summed E-state index contributed by atoms with van der Waals surface area (Å²) in [5.41, 5.74) is 2.09. The van der Waals surface area contributed by atoms with Crippen LogP contribution < -0.4 is 9.62 Å². The zero-order chi connectivity index (χ0) is 28.0. The van der Waals surface area contributed by atoms with Gasteiger partial charge >= 0.3 is 0 Å². The minimum atomic E-state index is -3.85. The lowest BCUT2D eigenvalue weighted by atomic mass is 10.0. The summed E-state index contributed by atoms with van der Waals surface area (Å²) in [6, 6.07) is 28.8. The number of hydrogen-bond acceptors (Lipinski definition) is 4. The molecule has 0 spiro atoms. The van der Waals surface area contributed by atoms with Crippen molar-refractivity contribution in [3.05, 3.63) is 113 Å². The molecule has 0 aromatic heterocycles. The molecule has 0 bridgehead atoms. The molecule has 0 heterocycles. The Labute approximate surface area is 237 Å². The zero-order valence-corrected chi connectivity index (χ0v) is 24.2. The van der Waals surface area contributed by atoms with Gasteiger partial charge in [-0.25, -0.2) is 8.42 Å². The number of nitrogens with zero attached hydrogens (tertiary/aromatic N) is 2. The minimum absolute atomic E-state index is 0.121. The molecule has 0 aliphatic heterocycles. The van der Waals surface area contributed by atoms with Gasteiger partial charge in [-0.1, -0.05) is 94.8 Å². The largest absolute Gasteiger partial charge is 0.357 e. The second-order valence-electron chi connectivity index (χ2n) is 9.24. The summed E-state index contributed by atoms with van der Waals surface area (Å²) in [7, 11) is -2.32. The molecule has 0 fully saturated rings. The Kier molecular flexibility index (Phi) is 9.04. The maximum absolute atomic E-state index is 14.1. The van der Waals surface area contributed by atoms with E-state index < -0.39 is 28.5 Å². The van der Waals surface area contributed by atoms with Crippen LogP contribution in [0.25, 0.3) is 10.8 Å². The normalized spacial score (nSPS) is 12.1. The van der Waals surface area contributed by atoms with Crippen molar-refractivity contribution in [3.63, 3.8) is 0 Å². The van der Waals surface area contributed by atoms with Crippen molar-refractivity contribution in [2.75, 3.05) is 24.2 Å². The maximum atomic E-state index is 14.1. The Hall–Kier alpha value is -3.69. The van der Waals surface area contributed by atoms with Gasteiger partial charge in [-0.2, -0.15) is 0 Å². The van der Waals surface area contributed by atoms with Crippen molar-refractivity contribution in [2.45, 2.75) is 19.0 Å². The first-order chi connectivity index (χ1) is 18.7. The minimum Gasteiger partial charge on any atom is -0.357 e. The molecule has 202 valence electrons. The van der Waals surface area contributed by atoms with E-state index in [4.69, 9.17) is 0 Å². The predicted molar refractivity (Wildman–Crippen MR) is 159 cm³/mol. The van der Waals surface area contributed by atoms with Crippen molar-refractivity contribution in [1.29, 1.82) is 0 Å². The molecular weight excluding hydrogens is 578 g/mol. The summed E-state index contributed by atoms with van der Waals surface area (Å²) >= 11 is 3.47. The van der Waals surface area contributed by atoms with E-state index in [1.807, 2.05) is 84.9 Å². The van der Waals surface area contributed by atoms with Crippen LogP contribution in [-0.4, -0.2) is 51.0 Å². The number of rotatable bonds is 10. The number of likely N-dealkylation sites (N-methyl/N-ethyl adjacent to an activating group) is 1. The van der Waals surface area contributed by atoms with Crippen LogP contribution in [0.15, 0.2) is 102 Å². The van der Waals surface area contributed by atoms with E-state index in [1.165, 1.54) is 11.9 Å². The molecule has 39 heavy (non-hydrogen) atoms. The highest BCUT2D eigenvalue weighted by Crippen LogP contribution is 2.29. The summed E-state index contributed by atoms with van der Waals surface area (Å²) < 4.78 is 28.1. The van der Waals surface area contributed by atoms with Crippen molar-refractivity contribution < 1.29 is 18.0 Å². The number of anilines is 1. The van der Waals surface area contributed by atoms with Gasteiger partial charge in [-0.05, 0) is 34.7 Å². The highest BCUT2D eigenvalue weighted by Gasteiger charge is 2.33. The molecule has 0 aliphatic rings. The Morgan fingerprint density at radius 1 is 0.872 bits per heavy atom. The van der Waals surface area contributed by atoms with Crippen LogP contribution in [0, 0.1) is 0 Å². The number of amides is 2. The summed E-state index contributed by atoms with van der Waals surface area (Å²) in [6.45, 7) is -0.334. The first kappa shape index (κ1) is 28.3. The van der Waals surface area contributed by atoms with Gasteiger partial charge in [-0.3, -0.25) is 13.9 Å². The third-order valence-corrected chi connectivity index (χ3v) is 8.09. The number of benzene rings is 4. The van der Waals surface area contributed by atoms with Crippen molar-refractivity contribution in [1.82, 2.24) is 10.2 Å². The third-order valence-electron chi connectivity index (χ3n) is 6.47. The standard InChI is InChI=1S/C30H30BrN3O4S/c1-32-30(36)28(19-22-10-4-3-5-11-22)33(20-23-12-8-15-25(31)18-23)29(35)21-34(39(2,37)38)27-17-9-14-24-13-6-7-16-26(24)27/h3-18,28H,19-21H2,1-2H3,(H,32,36)/t28-/m1/s1. The van der Waals surface area contributed by atoms with Crippen LogP contribution in [0.4, 0.5) is 5.69 Å². The molecule has 0 saturated heterocycles. The molecule has 9 heteroatoms. The molecule has 0 saturated carbocycles. The van der Waals surface area contributed by atoms with Crippen LogP contribution in [0.1, 0.15) is 11.1 Å². The second kappa shape index (κ2) is 12.4. The Morgan fingerprint density at radius 2 is 1.51 bits per heavy atom. The zero-order valence-electron chi connectivity index (χ0n) is 21.7. The Morgan fingerprint density at radius 3 is 2.21 bits per heavy atom. The van der Waals surface area contributed by atoms with Crippen LogP contribution in [0.3, 0.4) is 0 Å². The van der Waals surface area contributed by atoms with Gasteiger partial charge in [0.2, 0.25) is 21.8 Å². The summed E-state index contributed by atoms with van der Waals surface area (Å²) in [6.07, 6.45) is 1.36. The fourth-order valence-electron chi connectivity index (χ4n) is 4.57. The Bertz CT molecular complexity index is 1570. The monoisotopic (exact) mass is 607 g/mol. The average Bonchev–Trinajstić information content (AvgIpc) is 2.93. The molecule has 2 amide bonds. The maximum Gasteiger partial charge on any atom is 0.244 e. The molecule has 4 aromatic rings.